The minimum atomic E-state index is -0.648. The summed E-state index contributed by atoms with van der Waals surface area (Å²) in [6, 6.07) is 14.0. The van der Waals surface area contributed by atoms with Crippen LogP contribution in [0.25, 0.3) is 0 Å². The molecule has 0 bridgehead atoms. The molecule has 1 unspecified atom stereocenters. The molecule has 0 aliphatic carbocycles. The molecule has 164 valence electrons. The predicted octanol–water partition coefficient (Wildman–Crippen LogP) is 2.12. The van der Waals surface area contributed by atoms with Gasteiger partial charge in [0.1, 0.15) is 0 Å². The van der Waals surface area contributed by atoms with Crippen molar-refractivity contribution in [3.8, 4) is 0 Å². The molecule has 1 saturated heterocycles. The molecule has 0 saturated carbocycles. The second-order valence-corrected chi connectivity index (χ2v) is 8.20. The van der Waals surface area contributed by atoms with Crippen molar-refractivity contribution in [2.75, 3.05) is 56.7 Å². The fraction of sp³-hybridized carbons (Fsp3) is 0.417. The molecular formula is C24H30N4O3. The van der Waals surface area contributed by atoms with E-state index in [1.807, 2.05) is 25.1 Å². The zero-order chi connectivity index (χ0) is 21.8. The lowest BCUT2D eigenvalue weighted by Crippen LogP contribution is -2.45. The van der Waals surface area contributed by atoms with Gasteiger partial charge >= 0.3 is 11.8 Å². The topological polar surface area (TPSA) is 73.9 Å². The zero-order valence-electron chi connectivity index (χ0n) is 18.2. The Kier molecular flexibility index (Phi) is 6.53. The number of hydrogen-bond acceptors (Lipinski definition) is 5. The number of hydrogen-bond donors (Lipinski definition) is 2. The molecular weight excluding hydrogens is 392 g/mol. The van der Waals surface area contributed by atoms with Crippen molar-refractivity contribution < 1.29 is 14.3 Å². The summed E-state index contributed by atoms with van der Waals surface area (Å²) in [6.45, 7) is 6.23. The first-order chi connectivity index (χ1) is 15.0. The third kappa shape index (κ3) is 4.89. The molecule has 2 amide bonds. The van der Waals surface area contributed by atoms with Crippen LogP contribution >= 0.6 is 0 Å². The zero-order valence-corrected chi connectivity index (χ0v) is 18.2. The third-order valence-electron chi connectivity index (χ3n) is 6.16. The number of carbonyl (C=O) groups is 2. The van der Waals surface area contributed by atoms with Gasteiger partial charge in [-0.1, -0.05) is 30.3 Å². The second-order valence-electron chi connectivity index (χ2n) is 8.20. The summed E-state index contributed by atoms with van der Waals surface area (Å²) in [4.78, 5) is 29.5. The number of morpholine rings is 1. The van der Waals surface area contributed by atoms with Crippen LogP contribution in [-0.2, 0) is 20.7 Å². The number of likely N-dealkylation sites (N-methyl/N-ethyl adjacent to an activating group) is 1. The number of rotatable bonds is 5. The van der Waals surface area contributed by atoms with Crippen molar-refractivity contribution in [1.82, 2.24) is 10.2 Å². The summed E-state index contributed by atoms with van der Waals surface area (Å²) in [6.07, 6.45) is 1.03. The molecule has 31 heavy (non-hydrogen) atoms. The van der Waals surface area contributed by atoms with Crippen molar-refractivity contribution in [1.29, 1.82) is 0 Å². The third-order valence-corrected chi connectivity index (χ3v) is 6.16. The number of anilines is 2. The summed E-state index contributed by atoms with van der Waals surface area (Å²) in [5.74, 6) is -1.27. The number of amides is 2. The van der Waals surface area contributed by atoms with E-state index in [4.69, 9.17) is 4.74 Å². The Labute approximate surface area is 183 Å². The van der Waals surface area contributed by atoms with Crippen LogP contribution in [0.1, 0.15) is 22.7 Å². The average Bonchev–Trinajstić information content (AvgIpc) is 3.16. The Morgan fingerprint density at radius 2 is 1.84 bits per heavy atom. The summed E-state index contributed by atoms with van der Waals surface area (Å²) in [7, 11) is 2.11. The van der Waals surface area contributed by atoms with Crippen LogP contribution in [0.4, 0.5) is 11.4 Å². The van der Waals surface area contributed by atoms with Crippen LogP contribution in [0.5, 0.6) is 0 Å². The van der Waals surface area contributed by atoms with Crippen LogP contribution in [-0.4, -0.2) is 63.2 Å². The maximum absolute atomic E-state index is 12.5. The SMILES string of the molecule is Cc1ccccc1NC(=O)C(=O)NCC(c1ccc2c(c1)CCN2C)N1CCOCC1. The Balaban J connectivity index is 1.46. The molecule has 4 rings (SSSR count). The monoisotopic (exact) mass is 422 g/mol. The molecule has 2 heterocycles. The van der Waals surface area contributed by atoms with Gasteiger partial charge in [-0.05, 0) is 42.2 Å². The molecule has 0 aromatic heterocycles. The normalized spacial score (nSPS) is 17.2. The highest BCUT2D eigenvalue weighted by Gasteiger charge is 2.26. The molecule has 2 aliphatic heterocycles. The van der Waals surface area contributed by atoms with Crippen molar-refractivity contribution in [3.05, 3.63) is 59.2 Å². The second kappa shape index (κ2) is 9.49. The van der Waals surface area contributed by atoms with Gasteiger partial charge in [-0.15, -0.1) is 0 Å². The summed E-state index contributed by atoms with van der Waals surface area (Å²) in [5, 5.41) is 5.55. The van der Waals surface area contributed by atoms with Crippen molar-refractivity contribution in [2.45, 2.75) is 19.4 Å². The molecule has 7 heteroatoms. The first-order valence-electron chi connectivity index (χ1n) is 10.8. The number of fused-ring (bicyclic) bond motifs is 1. The molecule has 1 fully saturated rings. The highest BCUT2D eigenvalue weighted by molar-refractivity contribution is 6.39. The van der Waals surface area contributed by atoms with E-state index in [2.05, 4.69) is 45.7 Å². The van der Waals surface area contributed by atoms with Crippen molar-refractivity contribution in [2.24, 2.45) is 0 Å². The lowest BCUT2D eigenvalue weighted by atomic mass is 10.0. The lowest BCUT2D eigenvalue weighted by Gasteiger charge is -2.35. The summed E-state index contributed by atoms with van der Waals surface area (Å²) >= 11 is 0. The van der Waals surface area contributed by atoms with Gasteiger partial charge in [0, 0.05) is 44.6 Å². The predicted molar refractivity (Wildman–Crippen MR) is 121 cm³/mol. The van der Waals surface area contributed by atoms with Gasteiger partial charge in [0.25, 0.3) is 0 Å². The smallest absolute Gasteiger partial charge is 0.313 e. The van der Waals surface area contributed by atoms with Crippen LogP contribution < -0.4 is 15.5 Å². The lowest BCUT2D eigenvalue weighted by molar-refractivity contribution is -0.136. The Bertz CT molecular complexity index is 956. The highest BCUT2D eigenvalue weighted by Crippen LogP contribution is 2.31. The number of nitrogens with zero attached hydrogens (tertiary/aromatic N) is 2. The van der Waals surface area contributed by atoms with Gasteiger partial charge in [0.15, 0.2) is 0 Å². The molecule has 0 spiro atoms. The molecule has 2 N–H and O–H groups in total. The first kappa shape index (κ1) is 21.3. The standard InChI is InChI=1S/C24H30N4O3/c1-17-5-3-4-6-20(17)26-24(30)23(29)25-16-22(28-11-13-31-14-12-28)18-7-8-21-19(15-18)9-10-27(21)2/h3-8,15,22H,9-14,16H2,1-2H3,(H,25,29)(H,26,30). The number of para-hydroxylation sites is 1. The van der Waals surface area contributed by atoms with Crippen molar-refractivity contribution >= 4 is 23.2 Å². The van der Waals surface area contributed by atoms with Gasteiger partial charge in [0.2, 0.25) is 0 Å². The number of nitrogens with one attached hydrogen (secondary N) is 2. The van der Waals surface area contributed by atoms with E-state index in [1.165, 1.54) is 11.3 Å². The van der Waals surface area contributed by atoms with Gasteiger partial charge in [-0.2, -0.15) is 0 Å². The molecule has 2 aliphatic rings. The molecule has 2 aromatic carbocycles. The summed E-state index contributed by atoms with van der Waals surface area (Å²) < 4.78 is 5.52. The van der Waals surface area contributed by atoms with E-state index in [9.17, 15) is 9.59 Å². The van der Waals surface area contributed by atoms with E-state index in [0.29, 0.717) is 25.4 Å². The number of ether oxygens (including phenoxy) is 1. The van der Waals surface area contributed by atoms with Crippen LogP contribution in [0, 0.1) is 6.92 Å². The molecule has 7 nitrogen and oxygen atoms in total. The largest absolute Gasteiger partial charge is 0.379 e. The van der Waals surface area contributed by atoms with E-state index in [-0.39, 0.29) is 6.04 Å². The maximum Gasteiger partial charge on any atom is 0.313 e. The van der Waals surface area contributed by atoms with E-state index in [0.717, 1.165) is 37.2 Å². The first-order valence-corrected chi connectivity index (χ1v) is 10.8. The molecule has 1 atom stereocenters. The number of benzene rings is 2. The van der Waals surface area contributed by atoms with Gasteiger partial charge in [-0.25, -0.2) is 0 Å². The van der Waals surface area contributed by atoms with Gasteiger partial charge in [-0.3, -0.25) is 14.5 Å². The van der Waals surface area contributed by atoms with E-state index < -0.39 is 11.8 Å². The highest BCUT2D eigenvalue weighted by atomic mass is 16.5. The number of aryl methyl sites for hydroxylation is 1. The fourth-order valence-corrected chi connectivity index (χ4v) is 4.30. The maximum atomic E-state index is 12.5. The van der Waals surface area contributed by atoms with Crippen LogP contribution in [0.2, 0.25) is 0 Å². The molecule has 0 radical (unpaired) electrons. The van der Waals surface area contributed by atoms with Gasteiger partial charge < -0.3 is 20.3 Å². The van der Waals surface area contributed by atoms with E-state index >= 15 is 0 Å². The van der Waals surface area contributed by atoms with Crippen LogP contribution in [0.3, 0.4) is 0 Å². The average molecular weight is 423 g/mol. The quantitative estimate of drug-likeness (QED) is 0.722. The summed E-state index contributed by atoms with van der Waals surface area (Å²) in [5.41, 5.74) is 5.33. The molecule has 2 aromatic rings. The Morgan fingerprint density at radius 1 is 1.06 bits per heavy atom. The minimum absolute atomic E-state index is 0.00434. The van der Waals surface area contributed by atoms with E-state index in [1.54, 1.807) is 6.07 Å². The van der Waals surface area contributed by atoms with Gasteiger partial charge in [0.05, 0.1) is 19.3 Å². The van der Waals surface area contributed by atoms with Crippen LogP contribution in [0.15, 0.2) is 42.5 Å². The number of carbonyl (C=O) groups excluding carboxylic acids is 2. The van der Waals surface area contributed by atoms with Crippen molar-refractivity contribution in [3.63, 3.8) is 0 Å². The Morgan fingerprint density at radius 3 is 2.61 bits per heavy atom. The minimum Gasteiger partial charge on any atom is -0.379 e. The Hall–Kier alpha value is -2.90. The fourth-order valence-electron chi connectivity index (χ4n) is 4.30.